The molecule has 0 amide bonds. The van der Waals surface area contributed by atoms with Gasteiger partial charge >= 0.3 is 0 Å². The van der Waals surface area contributed by atoms with Crippen molar-refractivity contribution >= 4 is 5.95 Å². The molecule has 1 fully saturated rings. The normalized spacial score (nSPS) is 16.6. The quantitative estimate of drug-likeness (QED) is 0.893. The summed E-state index contributed by atoms with van der Waals surface area (Å²) in [5.74, 6) is 0.648. The van der Waals surface area contributed by atoms with E-state index in [2.05, 4.69) is 14.9 Å². The summed E-state index contributed by atoms with van der Waals surface area (Å²) in [6.07, 6.45) is 6.18. The molecule has 2 aromatic rings. The van der Waals surface area contributed by atoms with E-state index < -0.39 is 0 Å². The Morgan fingerprint density at radius 3 is 2.89 bits per heavy atom. The maximum atomic E-state index is 13.7. The molecule has 0 radical (unpaired) electrons. The number of benzene rings is 1. The second-order valence-corrected chi connectivity index (χ2v) is 4.78. The van der Waals surface area contributed by atoms with Crippen LogP contribution in [0.15, 0.2) is 36.7 Å². The van der Waals surface area contributed by atoms with Gasteiger partial charge in [-0.2, -0.15) is 0 Å². The van der Waals surface area contributed by atoms with Crippen LogP contribution < -0.4 is 5.32 Å². The molecule has 1 aromatic heterocycles. The van der Waals surface area contributed by atoms with Gasteiger partial charge in [-0.3, -0.25) is 0 Å². The van der Waals surface area contributed by atoms with E-state index in [0.717, 1.165) is 5.95 Å². The molecule has 1 aromatic carbocycles. The van der Waals surface area contributed by atoms with Crippen LogP contribution in [-0.2, 0) is 0 Å². The van der Waals surface area contributed by atoms with E-state index in [4.69, 9.17) is 0 Å². The van der Waals surface area contributed by atoms with E-state index in [1.54, 1.807) is 18.3 Å². The summed E-state index contributed by atoms with van der Waals surface area (Å²) in [4.78, 5) is 4.30. The van der Waals surface area contributed by atoms with Crippen LogP contribution in [0.5, 0.6) is 0 Å². The fourth-order valence-electron chi connectivity index (χ4n) is 2.17. The van der Waals surface area contributed by atoms with Crippen LogP contribution in [-0.4, -0.2) is 9.55 Å². The molecule has 0 spiro atoms. The van der Waals surface area contributed by atoms with Crippen molar-refractivity contribution in [2.75, 3.05) is 5.32 Å². The maximum absolute atomic E-state index is 13.7. The number of hydrogen-bond donors (Lipinski definition) is 1. The molecular weight excluding hydrogens is 229 g/mol. The molecule has 3 rings (SSSR count). The highest BCUT2D eigenvalue weighted by Gasteiger charge is 2.26. The molecular formula is C14H16FN3. The van der Waals surface area contributed by atoms with Crippen LogP contribution in [0.4, 0.5) is 10.3 Å². The molecule has 0 bridgehead atoms. The topological polar surface area (TPSA) is 29.9 Å². The lowest BCUT2D eigenvalue weighted by atomic mass is 10.1. The highest BCUT2D eigenvalue weighted by Crippen LogP contribution is 2.37. The predicted molar refractivity (Wildman–Crippen MR) is 68.9 cm³/mol. The summed E-state index contributed by atoms with van der Waals surface area (Å²) in [5, 5.41) is 3.28. The first-order valence-corrected chi connectivity index (χ1v) is 6.29. The van der Waals surface area contributed by atoms with Crippen molar-refractivity contribution < 1.29 is 4.39 Å². The first-order valence-electron chi connectivity index (χ1n) is 6.29. The first kappa shape index (κ1) is 11.3. The van der Waals surface area contributed by atoms with E-state index >= 15 is 0 Å². The summed E-state index contributed by atoms with van der Waals surface area (Å²) in [6, 6.07) is 7.33. The molecule has 1 unspecified atom stereocenters. The van der Waals surface area contributed by atoms with Crippen molar-refractivity contribution in [2.45, 2.75) is 31.8 Å². The van der Waals surface area contributed by atoms with Crippen molar-refractivity contribution in [1.29, 1.82) is 0 Å². The Bertz CT molecular complexity index is 545. The second kappa shape index (κ2) is 4.44. The minimum absolute atomic E-state index is 0.0916. The van der Waals surface area contributed by atoms with Gasteiger partial charge in [0, 0.05) is 24.0 Å². The smallest absolute Gasteiger partial charge is 0.203 e. The van der Waals surface area contributed by atoms with Gasteiger partial charge < -0.3 is 9.88 Å². The molecule has 3 nitrogen and oxygen atoms in total. The number of aromatic nitrogens is 2. The third-order valence-electron chi connectivity index (χ3n) is 3.33. The zero-order valence-corrected chi connectivity index (χ0v) is 10.3. The third-order valence-corrected chi connectivity index (χ3v) is 3.33. The van der Waals surface area contributed by atoms with E-state index in [0.29, 0.717) is 11.6 Å². The summed E-state index contributed by atoms with van der Waals surface area (Å²) >= 11 is 0. The van der Waals surface area contributed by atoms with Crippen molar-refractivity contribution in [3.05, 3.63) is 48.0 Å². The summed E-state index contributed by atoms with van der Waals surface area (Å²) in [7, 11) is 0. The van der Waals surface area contributed by atoms with Gasteiger partial charge in [-0.25, -0.2) is 9.37 Å². The standard InChI is InChI=1S/C14H16FN3/c1-10(12-4-2-3-5-13(12)15)17-14-16-8-9-18(14)11-6-7-11/h2-5,8-11H,6-7H2,1H3,(H,16,17). The van der Waals surface area contributed by atoms with Crippen LogP contribution in [0.2, 0.25) is 0 Å². The van der Waals surface area contributed by atoms with E-state index in [1.807, 2.05) is 19.2 Å². The first-order chi connectivity index (χ1) is 8.75. The summed E-state index contributed by atoms with van der Waals surface area (Å²) in [5.41, 5.74) is 0.669. The highest BCUT2D eigenvalue weighted by molar-refractivity contribution is 5.34. The molecule has 1 aliphatic carbocycles. The fourth-order valence-corrected chi connectivity index (χ4v) is 2.17. The lowest BCUT2D eigenvalue weighted by Crippen LogP contribution is -2.12. The van der Waals surface area contributed by atoms with Gasteiger partial charge in [0.1, 0.15) is 5.82 Å². The average Bonchev–Trinajstić information content (AvgIpc) is 3.11. The molecule has 0 saturated heterocycles. The fraction of sp³-hybridized carbons (Fsp3) is 0.357. The van der Waals surface area contributed by atoms with E-state index in [9.17, 15) is 4.39 Å². The zero-order valence-electron chi connectivity index (χ0n) is 10.3. The molecule has 18 heavy (non-hydrogen) atoms. The summed E-state index contributed by atoms with van der Waals surface area (Å²) < 4.78 is 15.8. The molecule has 4 heteroatoms. The van der Waals surface area contributed by atoms with Gasteiger partial charge in [0.25, 0.3) is 0 Å². The molecule has 1 atom stereocenters. The highest BCUT2D eigenvalue weighted by atomic mass is 19.1. The lowest BCUT2D eigenvalue weighted by Gasteiger charge is -2.16. The second-order valence-electron chi connectivity index (χ2n) is 4.78. The number of imidazole rings is 1. The van der Waals surface area contributed by atoms with Crippen LogP contribution in [0, 0.1) is 5.82 Å². The van der Waals surface area contributed by atoms with E-state index in [1.165, 1.54) is 18.9 Å². The van der Waals surface area contributed by atoms with Crippen LogP contribution in [0.1, 0.15) is 37.4 Å². The van der Waals surface area contributed by atoms with Gasteiger partial charge in [0.15, 0.2) is 0 Å². The molecule has 1 saturated carbocycles. The Hall–Kier alpha value is -1.84. The van der Waals surface area contributed by atoms with Crippen LogP contribution >= 0.6 is 0 Å². The molecule has 1 N–H and O–H groups in total. The van der Waals surface area contributed by atoms with Crippen molar-refractivity contribution in [2.24, 2.45) is 0 Å². The Labute approximate surface area is 106 Å². The lowest BCUT2D eigenvalue weighted by molar-refractivity contribution is 0.598. The van der Waals surface area contributed by atoms with Gasteiger partial charge in [0.2, 0.25) is 5.95 Å². The van der Waals surface area contributed by atoms with Crippen molar-refractivity contribution in [3.63, 3.8) is 0 Å². The Morgan fingerprint density at radius 2 is 2.17 bits per heavy atom. The van der Waals surface area contributed by atoms with Gasteiger partial charge in [-0.1, -0.05) is 18.2 Å². The predicted octanol–water partition coefficient (Wildman–Crippen LogP) is 3.53. The van der Waals surface area contributed by atoms with Crippen LogP contribution in [0.3, 0.4) is 0 Å². The van der Waals surface area contributed by atoms with Gasteiger partial charge in [0.05, 0.1) is 6.04 Å². The largest absolute Gasteiger partial charge is 0.349 e. The zero-order chi connectivity index (χ0) is 12.5. The Balaban J connectivity index is 1.79. The van der Waals surface area contributed by atoms with Gasteiger partial charge in [-0.15, -0.1) is 0 Å². The Kier molecular flexibility index (Phi) is 2.78. The Morgan fingerprint density at radius 1 is 1.39 bits per heavy atom. The number of nitrogens with zero attached hydrogens (tertiary/aromatic N) is 2. The number of anilines is 1. The maximum Gasteiger partial charge on any atom is 0.203 e. The third kappa shape index (κ3) is 2.10. The van der Waals surface area contributed by atoms with E-state index in [-0.39, 0.29) is 11.9 Å². The number of halogens is 1. The number of hydrogen-bond acceptors (Lipinski definition) is 2. The minimum Gasteiger partial charge on any atom is -0.349 e. The number of nitrogens with one attached hydrogen (secondary N) is 1. The van der Waals surface area contributed by atoms with Crippen molar-refractivity contribution in [3.8, 4) is 0 Å². The van der Waals surface area contributed by atoms with Gasteiger partial charge in [-0.05, 0) is 25.8 Å². The monoisotopic (exact) mass is 245 g/mol. The molecule has 0 aliphatic heterocycles. The average molecular weight is 245 g/mol. The molecule has 1 heterocycles. The molecule has 94 valence electrons. The number of rotatable bonds is 4. The summed E-state index contributed by atoms with van der Waals surface area (Å²) in [6.45, 7) is 1.95. The SMILES string of the molecule is CC(Nc1nccn1C1CC1)c1ccccc1F. The van der Waals surface area contributed by atoms with Crippen molar-refractivity contribution in [1.82, 2.24) is 9.55 Å². The van der Waals surface area contributed by atoms with Crippen LogP contribution in [0.25, 0.3) is 0 Å². The minimum atomic E-state index is -0.179. The molecule has 1 aliphatic rings.